The van der Waals surface area contributed by atoms with Crippen molar-refractivity contribution in [1.29, 1.82) is 0 Å². The van der Waals surface area contributed by atoms with Gasteiger partial charge in [-0.05, 0) is 42.2 Å². The Hall–Kier alpha value is -3.23. The predicted octanol–water partition coefficient (Wildman–Crippen LogP) is 1.43. The van der Waals surface area contributed by atoms with E-state index in [0.717, 1.165) is 5.56 Å². The molecule has 3 heterocycles. The number of rotatable bonds is 3. The second-order valence-corrected chi connectivity index (χ2v) is 7.69. The molecule has 0 amide bonds. The Kier molecular flexibility index (Phi) is 4.63. The number of carbonyl (C=O) groups excluding carboxylic acids is 2. The van der Waals surface area contributed by atoms with E-state index < -0.39 is 17.6 Å². The van der Waals surface area contributed by atoms with Crippen LogP contribution in [-0.4, -0.2) is 27.0 Å². The van der Waals surface area contributed by atoms with Crippen LogP contribution in [0.25, 0.3) is 6.08 Å². The Morgan fingerprint density at radius 1 is 1.33 bits per heavy atom. The standard InChI is InChI=1S/C22H22N2O6/c1-3-22(29)16-7-17-19(23)12(6-13-11(2)4-5-18(26)14(13)9-25)8-24(17)20(27)15(16)10-30-21(22)28/h4-7,9,19,26,29H,3,8,10,23H2,1-2H3/b12-6-/t19?,22-/m0/s1. The minimum absolute atomic E-state index is 0.0604. The van der Waals surface area contributed by atoms with Gasteiger partial charge in [0.05, 0.1) is 17.2 Å². The molecule has 1 aromatic carbocycles. The molecule has 8 nitrogen and oxygen atoms in total. The smallest absolute Gasteiger partial charge is 0.343 e. The number of ether oxygens (including phenoxy) is 1. The summed E-state index contributed by atoms with van der Waals surface area (Å²) in [6.45, 7) is 3.43. The molecule has 1 unspecified atom stereocenters. The zero-order valence-corrected chi connectivity index (χ0v) is 16.6. The van der Waals surface area contributed by atoms with E-state index in [0.29, 0.717) is 23.1 Å². The van der Waals surface area contributed by atoms with Crippen LogP contribution < -0.4 is 11.3 Å². The van der Waals surface area contributed by atoms with Gasteiger partial charge in [0, 0.05) is 17.8 Å². The van der Waals surface area contributed by atoms with Gasteiger partial charge < -0.3 is 25.3 Å². The van der Waals surface area contributed by atoms with Crippen LogP contribution in [0.15, 0.2) is 28.6 Å². The lowest BCUT2D eigenvalue weighted by Gasteiger charge is -2.31. The highest BCUT2D eigenvalue weighted by atomic mass is 16.6. The number of hydrogen-bond donors (Lipinski definition) is 3. The number of fused-ring (bicyclic) bond motifs is 2. The molecule has 0 fully saturated rings. The van der Waals surface area contributed by atoms with E-state index in [1.165, 1.54) is 10.6 Å². The SMILES string of the molecule is CC[C@@]1(O)C(=O)OCc2c1cc1n(c2=O)C/C(=C/c2c(C)ccc(O)c2C=O)C1N. The third-order valence-electron chi connectivity index (χ3n) is 6.06. The normalized spacial score (nSPS) is 23.8. The average Bonchev–Trinajstić information content (AvgIpc) is 3.04. The Bertz CT molecular complexity index is 1180. The van der Waals surface area contributed by atoms with E-state index in [4.69, 9.17) is 10.5 Å². The number of carbonyl (C=O) groups is 2. The van der Waals surface area contributed by atoms with Crippen molar-refractivity contribution in [1.82, 2.24) is 4.57 Å². The van der Waals surface area contributed by atoms with Gasteiger partial charge in [0.2, 0.25) is 0 Å². The molecule has 0 aliphatic carbocycles. The first-order chi connectivity index (χ1) is 14.2. The highest BCUT2D eigenvalue weighted by Gasteiger charge is 2.45. The molecule has 4 rings (SSSR count). The fourth-order valence-corrected chi connectivity index (χ4v) is 4.18. The fourth-order valence-electron chi connectivity index (χ4n) is 4.18. The van der Waals surface area contributed by atoms with Crippen LogP contribution in [-0.2, 0) is 28.3 Å². The van der Waals surface area contributed by atoms with Crippen LogP contribution in [0.4, 0.5) is 0 Å². The highest BCUT2D eigenvalue weighted by molar-refractivity contribution is 5.87. The second kappa shape index (κ2) is 6.93. The fraction of sp³-hybridized carbons (Fsp3) is 0.318. The quantitative estimate of drug-likeness (QED) is 0.515. The largest absolute Gasteiger partial charge is 0.507 e. The lowest BCUT2D eigenvalue weighted by atomic mass is 9.85. The number of aromatic hydroxyl groups is 1. The number of aliphatic hydroxyl groups is 1. The van der Waals surface area contributed by atoms with Crippen molar-refractivity contribution in [2.45, 2.75) is 45.1 Å². The first kappa shape index (κ1) is 20.1. The van der Waals surface area contributed by atoms with Gasteiger partial charge in [0.15, 0.2) is 11.9 Å². The van der Waals surface area contributed by atoms with Gasteiger partial charge in [-0.25, -0.2) is 4.79 Å². The number of nitrogens with two attached hydrogens (primary N) is 1. The second-order valence-electron chi connectivity index (χ2n) is 7.69. The Labute approximate surface area is 172 Å². The maximum atomic E-state index is 13.1. The molecule has 0 saturated heterocycles. The van der Waals surface area contributed by atoms with Gasteiger partial charge in [-0.1, -0.05) is 19.1 Å². The highest BCUT2D eigenvalue weighted by Crippen LogP contribution is 2.38. The van der Waals surface area contributed by atoms with Gasteiger partial charge >= 0.3 is 5.97 Å². The number of hydrogen-bond acceptors (Lipinski definition) is 7. The molecule has 0 radical (unpaired) electrons. The lowest BCUT2D eigenvalue weighted by molar-refractivity contribution is -0.172. The molecule has 0 bridgehead atoms. The van der Waals surface area contributed by atoms with E-state index in [1.54, 1.807) is 25.1 Å². The summed E-state index contributed by atoms with van der Waals surface area (Å²) in [4.78, 5) is 36.7. The van der Waals surface area contributed by atoms with Gasteiger partial charge in [-0.15, -0.1) is 0 Å². The number of aldehydes is 1. The van der Waals surface area contributed by atoms with E-state index in [9.17, 15) is 24.6 Å². The molecule has 2 atom stereocenters. The monoisotopic (exact) mass is 410 g/mol. The van der Waals surface area contributed by atoms with Crippen LogP contribution in [0.1, 0.15) is 57.7 Å². The third-order valence-corrected chi connectivity index (χ3v) is 6.06. The Morgan fingerprint density at radius 2 is 2.07 bits per heavy atom. The zero-order chi connectivity index (χ0) is 21.8. The average molecular weight is 410 g/mol. The summed E-state index contributed by atoms with van der Waals surface area (Å²) in [5.74, 6) is -0.918. The predicted molar refractivity (Wildman–Crippen MR) is 108 cm³/mol. The van der Waals surface area contributed by atoms with Crippen molar-refractivity contribution in [2.75, 3.05) is 0 Å². The van der Waals surface area contributed by atoms with E-state index >= 15 is 0 Å². The molecule has 156 valence electrons. The number of phenolic OH excluding ortho intramolecular Hbond substituents is 1. The number of pyridine rings is 1. The molecule has 4 N–H and O–H groups in total. The summed E-state index contributed by atoms with van der Waals surface area (Å²) in [5, 5.41) is 20.8. The molecule has 0 saturated carbocycles. The third kappa shape index (κ3) is 2.72. The first-order valence-corrected chi connectivity index (χ1v) is 9.63. The maximum absolute atomic E-state index is 13.1. The molecule has 2 aliphatic rings. The van der Waals surface area contributed by atoms with Crippen molar-refractivity contribution in [3.05, 3.63) is 67.6 Å². The Morgan fingerprint density at radius 3 is 2.73 bits per heavy atom. The molecule has 8 heteroatoms. The zero-order valence-electron chi connectivity index (χ0n) is 16.6. The lowest BCUT2D eigenvalue weighted by Crippen LogP contribution is -2.44. The molecular weight excluding hydrogens is 388 g/mol. The van der Waals surface area contributed by atoms with Crippen molar-refractivity contribution >= 4 is 18.3 Å². The number of nitrogens with zero attached hydrogens (tertiary/aromatic N) is 1. The van der Waals surface area contributed by atoms with Crippen LogP contribution in [0, 0.1) is 6.92 Å². The van der Waals surface area contributed by atoms with E-state index in [1.807, 2.05) is 6.92 Å². The van der Waals surface area contributed by atoms with Crippen LogP contribution in [0.5, 0.6) is 5.75 Å². The number of benzene rings is 1. The van der Waals surface area contributed by atoms with E-state index in [-0.39, 0.29) is 47.6 Å². The van der Waals surface area contributed by atoms with Gasteiger partial charge in [0.1, 0.15) is 12.4 Å². The summed E-state index contributed by atoms with van der Waals surface area (Å²) in [6, 6.07) is 4.06. The topological polar surface area (TPSA) is 132 Å². The molecule has 1 aromatic heterocycles. The van der Waals surface area contributed by atoms with Crippen molar-refractivity contribution in [3.8, 4) is 5.75 Å². The summed E-state index contributed by atoms with van der Waals surface area (Å²) in [7, 11) is 0. The van der Waals surface area contributed by atoms with Crippen LogP contribution in [0.2, 0.25) is 0 Å². The van der Waals surface area contributed by atoms with Crippen molar-refractivity contribution in [3.63, 3.8) is 0 Å². The molecule has 2 aromatic rings. The number of esters is 1. The summed E-state index contributed by atoms with van der Waals surface area (Å²) >= 11 is 0. The number of aryl methyl sites for hydroxylation is 1. The maximum Gasteiger partial charge on any atom is 0.343 e. The molecule has 30 heavy (non-hydrogen) atoms. The minimum Gasteiger partial charge on any atom is -0.507 e. The number of phenols is 1. The van der Waals surface area contributed by atoms with Crippen LogP contribution in [0.3, 0.4) is 0 Å². The number of aromatic nitrogens is 1. The summed E-state index contributed by atoms with van der Waals surface area (Å²) in [6.07, 6.45) is 2.35. The van der Waals surface area contributed by atoms with Crippen molar-refractivity contribution < 1.29 is 24.5 Å². The minimum atomic E-state index is -1.89. The van der Waals surface area contributed by atoms with Crippen LogP contribution >= 0.6 is 0 Å². The summed E-state index contributed by atoms with van der Waals surface area (Å²) < 4.78 is 6.53. The molecular formula is C22H22N2O6. The van der Waals surface area contributed by atoms with Gasteiger partial charge in [-0.2, -0.15) is 0 Å². The molecule has 0 spiro atoms. The first-order valence-electron chi connectivity index (χ1n) is 9.63. The molecule has 2 aliphatic heterocycles. The Balaban J connectivity index is 1.87. The van der Waals surface area contributed by atoms with Gasteiger partial charge in [-0.3, -0.25) is 9.59 Å². The van der Waals surface area contributed by atoms with Crippen molar-refractivity contribution in [2.24, 2.45) is 5.73 Å². The summed E-state index contributed by atoms with van der Waals surface area (Å²) in [5.41, 5.74) is 7.21. The van der Waals surface area contributed by atoms with E-state index in [2.05, 4.69) is 0 Å². The number of cyclic esters (lactones) is 1. The van der Waals surface area contributed by atoms with Gasteiger partial charge in [0.25, 0.3) is 5.56 Å².